The first kappa shape index (κ1) is 11.9. The summed E-state index contributed by atoms with van der Waals surface area (Å²) in [5, 5.41) is 12.7. The zero-order chi connectivity index (χ0) is 13.0. The summed E-state index contributed by atoms with van der Waals surface area (Å²) in [5.74, 6) is 0.774. The lowest BCUT2D eigenvalue weighted by Gasteiger charge is -2.06. The van der Waals surface area contributed by atoms with E-state index in [1.807, 2.05) is 24.4 Å². The Labute approximate surface area is 106 Å². The Hall–Kier alpha value is -2.54. The van der Waals surface area contributed by atoms with E-state index in [4.69, 9.17) is 10.00 Å². The van der Waals surface area contributed by atoms with Crippen molar-refractivity contribution in [3.05, 3.63) is 42.7 Å². The maximum Gasteiger partial charge on any atom is 0.128 e. The van der Waals surface area contributed by atoms with Crippen molar-refractivity contribution in [2.45, 2.75) is 6.54 Å². The summed E-state index contributed by atoms with van der Waals surface area (Å²) in [7, 11) is 1.63. The topological polar surface area (TPSA) is 50.8 Å². The molecule has 4 nitrogen and oxygen atoms in total. The predicted octanol–water partition coefficient (Wildman–Crippen LogP) is 2.73. The van der Waals surface area contributed by atoms with Crippen molar-refractivity contribution in [3.63, 3.8) is 0 Å². The van der Waals surface area contributed by atoms with Crippen LogP contribution in [0.2, 0.25) is 0 Å². The van der Waals surface area contributed by atoms with Gasteiger partial charge in [0.15, 0.2) is 0 Å². The predicted molar refractivity (Wildman–Crippen MR) is 69.9 cm³/mol. The molecule has 0 aliphatic carbocycles. The number of aromatic nitrogens is 2. The van der Waals surface area contributed by atoms with Gasteiger partial charge in [0.2, 0.25) is 0 Å². The van der Waals surface area contributed by atoms with E-state index >= 15 is 0 Å². The second kappa shape index (κ2) is 5.19. The molecule has 0 fully saturated rings. The first-order chi connectivity index (χ1) is 8.78. The summed E-state index contributed by atoms with van der Waals surface area (Å²) in [6.45, 7) is 3.99. The van der Waals surface area contributed by atoms with Gasteiger partial charge in [0, 0.05) is 17.3 Å². The van der Waals surface area contributed by atoms with Crippen LogP contribution in [0.4, 0.5) is 0 Å². The smallest absolute Gasteiger partial charge is 0.128 e. The second-order valence-corrected chi connectivity index (χ2v) is 3.75. The molecule has 0 saturated heterocycles. The van der Waals surface area contributed by atoms with Crippen LogP contribution >= 0.6 is 0 Å². The van der Waals surface area contributed by atoms with Crippen LogP contribution in [-0.2, 0) is 6.54 Å². The Morgan fingerprint density at radius 2 is 2.33 bits per heavy atom. The lowest BCUT2D eigenvalue weighted by molar-refractivity contribution is 0.414. The Morgan fingerprint density at radius 3 is 3.00 bits per heavy atom. The standard InChI is InChI=1S/C14H13N3O/c1-3-11-4-5-12(8-14(11)18-2)13-9-16-17(10-13)7-6-15/h3-5,8-10H,1,7H2,2H3. The highest BCUT2D eigenvalue weighted by atomic mass is 16.5. The first-order valence-electron chi connectivity index (χ1n) is 5.48. The lowest BCUT2D eigenvalue weighted by atomic mass is 10.1. The summed E-state index contributed by atoms with van der Waals surface area (Å²) in [4.78, 5) is 0. The molecule has 0 aliphatic heterocycles. The van der Waals surface area contributed by atoms with Gasteiger partial charge in [0.05, 0.1) is 19.4 Å². The van der Waals surface area contributed by atoms with Gasteiger partial charge >= 0.3 is 0 Å². The molecule has 1 aromatic carbocycles. The molecule has 0 aliphatic rings. The number of nitriles is 1. The molecule has 0 atom stereocenters. The highest BCUT2D eigenvalue weighted by molar-refractivity contribution is 5.68. The number of ether oxygens (including phenoxy) is 1. The van der Waals surface area contributed by atoms with Crippen LogP contribution < -0.4 is 4.74 Å². The largest absolute Gasteiger partial charge is 0.496 e. The van der Waals surface area contributed by atoms with Crippen LogP contribution in [0.5, 0.6) is 5.75 Å². The third-order valence-electron chi connectivity index (χ3n) is 2.65. The molecule has 18 heavy (non-hydrogen) atoms. The third kappa shape index (κ3) is 2.25. The molecule has 2 rings (SSSR count). The quantitative estimate of drug-likeness (QED) is 0.824. The highest BCUT2D eigenvalue weighted by Crippen LogP contribution is 2.27. The Bertz CT molecular complexity index is 608. The fraction of sp³-hybridized carbons (Fsp3) is 0.143. The molecule has 1 aromatic heterocycles. The van der Waals surface area contributed by atoms with Gasteiger partial charge in [-0.15, -0.1) is 0 Å². The van der Waals surface area contributed by atoms with Crippen LogP contribution in [0.25, 0.3) is 17.2 Å². The highest BCUT2D eigenvalue weighted by Gasteiger charge is 2.05. The summed E-state index contributed by atoms with van der Waals surface area (Å²) >= 11 is 0. The number of methoxy groups -OCH3 is 1. The van der Waals surface area contributed by atoms with Gasteiger partial charge in [-0.3, -0.25) is 4.68 Å². The average Bonchev–Trinajstić information content (AvgIpc) is 2.87. The molecule has 0 saturated carbocycles. The monoisotopic (exact) mass is 239 g/mol. The summed E-state index contributed by atoms with van der Waals surface area (Å²) < 4.78 is 6.90. The summed E-state index contributed by atoms with van der Waals surface area (Å²) in [5.41, 5.74) is 2.91. The van der Waals surface area contributed by atoms with Crippen molar-refractivity contribution in [1.82, 2.24) is 9.78 Å². The van der Waals surface area contributed by atoms with Crippen molar-refractivity contribution in [2.75, 3.05) is 7.11 Å². The van der Waals surface area contributed by atoms with Crippen LogP contribution in [0.3, 0.4) is 0 Å². The molecule has 1 heterocycles. The first-order valence-corrected chi connectivity index (χ1v) is 5.48. The SMILES string of the molecule is C=Cc1ccc(-c2cnn(CC#N)c2)cc1OC. The van der Waals surface area contributed by atoms with Crippen LogP contribution in [-0.4, -0.2) is 16.9 Å². The van der Waals surface area contributed by atoms with Gasteiger partial charge in [0.1, 0.15) is 12.3 Å². The molecule has 4 heteroatoms. The maximum absolute atomic E-state index is 8.61. The lowest BCUT2D eigenvalue weighted by Crippen LogP contribution is -1.94. The maximum atomic E-state index is 8.61. The van der Waals surface area contributed by atoms with Gasteiger partial charge in [-0.25, -0.2) is 0 Å². The minimum absolute atomic E-state index is 0.252. The van der Waals surface area contributed by atoms with Crippen molar-refractivity contribution in [3.8, 4) is 22.9 Å². The van der Waals surface area contributed by atoms with E-state index < -0.39 is 0 Å². The number of hydrogen-bond acceptors (Lipinski definition) is 3. The van der Waals surface area contributed by atoms with Gasteiger partial charge in [-0.1, -0.05) is 24.8 Å². The summed E-state index contributed by atoms with van der Waals surface area (Å²) in [6, 6.07) is 7.91. The normalized spacial score (nSPS) is 9.78. The molecule has 0 bridgehead atoms. The molecule has 0 radical (unpaired) electrons. The van der Waals surface area contributed by atoms with E-state index in [0.717, 1.165) is 22.4 Å². The van der Waals surface area contributed by atoms with E-state index in [0.29, 0.717) is 0 Å². The van der Waals surface area contributed by atoms with Crippen molar-refractivity contribution < 1.29 is 4.74 Å². The zero-order valence-electron chi connectivity index (χ0n) is 10.1. The summed E-state index contributed by atoms with van der Waals surface area (Å²) in [6.07, 6.45) is 5.33. The van der Waals surface area contributed by atoms with Crippen molar-refractivity contribution in [2.24, 2.45) is 0 Å². The molecule has 0 N–H and O–H groups in total. The minimum Gasteiger partial charge on any atom is -0.496 e. The van der Waals surface area contributed by atoms with Crippen molar-refractivity contribution in [1.29, 1.82) is 5.26 Å². The van der Waals surface area contributed by atoms with Gasteiger partial charge in [-0.2, -0.15) is 10.4 Å². The van der Waals surface area contributed by atoms with Crippen LogP contribution in [0.1, 0.15) is 5.56 Å². The molecular formula is C14H13N3O. The molecular weight excluding hydrogens is 226 g/mol. The van der Waals surface area contributed by atoms with Crippen LogP contribution in [0, 0.1) is 11.3 Å². The molecule has 2 aromatic rings. The minimum atomic E-state index is 0.252. The fourth-order valence-corrected chi connectivity index (χ4v) is 1.73. The number of nitrogens with zero attached hydrogens (tertiary/aromatic N) is 3. The van der Waals surface area contributed by atoms with Crippen LogP contribution in [0.15, 0.2) is 37.2 Å². The van der Waals surface area contributed by atoms with E-state index in [9.17, 15) is 0 Å². The Kier molecular flexibility index (Phi) is 3.44. The number of hydrogen-bond donors (Lipinski definition) is 0. The number of benzene rings is 1. The zero-order valence-corrected chi connectivity index (χ0v) is 10.1. The van der Waals surface area contributed by atoms with E-state index in [-0.39, 0.29) is 6.54 Å². The third-order valence-corrected chi connectivity index (χ3v) is 2.65. The average molecular weight is 239 g/mol. The Morgan fingerprint density at radius 1 is 1.50 bits per heavy atom. The Balaban J connectivity index is 2.38. The van der Waals surface area contributed by atoms with Gasteiger partial charge < -0.3 is 4.74 Å². The molecule has 0 spiro atoms. The van der Waals surface area contributed by atoms with Gasteiger partial charge in [0.25, 0.3) is 0 Å². The van der Waals surface area contributed by atoms with E-state index in [1.54, 1.807) is 24.1 Å². The van der Waals surface area contributed by atoms with E-state index in [2.05, 4.69) is 17.7 Å². The molecule has 0 amide bonds. The van der Waals surface area contributed by atoms with E-state index in [1.165, 1.54) is 0 Å². The molecule has 90 valence electrons. The number of rotatable bonds is 4. The van der Waals surface area contributed by atoms with Gasteiger partial charge in [-0.05, 0) is 11.6 Å². The fourth-order valence-electron chi connectivity index (χ4n) is 1.73. The second-order valence-electron chi connectivity index (χ2n) is 3.75. The molecule has 0 unspecified atom stereocenters. The van der Waals surface area contributed by atoms with Crippen molar-refractivity contribution >= 4 is 6.08 Å².